The maximum absolute atomic E-state index is 5.70. The summed E-state index contributed by atoms with van der Waals surface area (Å²) in [5.74, 6) is 1.57. The molecule has 14 heavy (non-hydrogen) atoms. The van der Waals surface area contributed by atoms with Crippen LogP contribution in [0.2, 0.25) is 0 Å². The first-order valence-corrected chi connectivity index (χ1v) is 5.29. The van der Waals surface area contributed by atoms with E-state index < -0.39 is 0 Å². The molecule has 0 aliphatic carbocycles. The summed E-state index contributed by atoms with van der Waals surface area (Å²) in [6.45, 7) is 6.17. The lowest BCUT2D eigenvalue weighted by Crippen LogP contribution is -2.13. The Morgan fingerprint density at radius 1 is 1.50 bits per heavy atom. The van der Waals surface area contributed by atoms with Crippen molar-refractivity contribution in [2.24, 2.45) is 5.92 Å². The average Bonchev–Trinajstić information content (AvgIpc) is 2.40. The highest BCUT2D eigenvalue weighted by atomic mass is 16.5. The van der Waals surface area contributed by atoms with Gasteiger partial charge in [-0.05, 0) is 24.1 Å². The van der Waals surface area contributed by atoms with Crippen molar-refractivity contribution in [3.05, 3.63) is 23.8 Å². The molecule has 0 saturated heterocycles. The van der Waals surface area contributed by atoms with E-state index >= 15 is 0 Å². The van der Waals surface area contributed by atoms with Gasteiger partial charge in [0, 0.05) is 12.5 Å². The first kappa shape index (κ1) is 9.38. The third-order valence-corrected chi connectivity index (χ3v) is 2.62. The second-order valence-corrected chi connectivity index (χ2v) is 3.98. The van der Waals surface area contributed by atoms with Gasteiger partial charge in [-0.15, -0.1) is 0 Å². The number of nitrogens with one attached hydrogen (secondary N) is 1. The molecule has 2 heteroatoms. The van der Waals surface area contributed by atoms with Crippen LogP contribution in [-0.4, -0.2) is 13.2 Å². The standard InChI is InChI=1S/C12H17NO/c1-3-10-4-5-12-11(6-10)13-7-9(2)8-14-12/h4-6,9,13H,3,7-8H2,1-2H3. The molecule has 1 aromatic rings. The van der Waals surface area contributed by atoms with Gasteiger partial charge in [-0.1, -0.05) is 19.9 Å². The van der Waals surface area contributed by atoms with E-state index in [1.54, 1.807) is 0 Å². The van der Waals surface area contributed by atoms with Crippen molar-refractivity contribution in [3.8, 4) is 5.75 Å². The zero-order valence-corrected chi connectivity index (χ0v) is 8.84. The van der Waals surface area contributed by atoms with Crippen LogP contribution in [0.4, 0.5) is 5.69 Å². The molecule has 0 aromatic heterocycles. The topological polar surface area (TPSA) is 21.3 Å². The minimum Gasteiger partial charge on any atom is -0.491 e. The van der Waals surface area contributed by atoms with Crippen molar-refractivity contribution in [3.63, 3.8) is 0 Å². The molecule has 1 heterocycles. The summed E-state index contributed by atoms with van der Waals surface area (Å²) >= 11 is 0. The predicted molar refractivity (Wildman–Crippen MR) is 59.0 cm³/mol. The fourth-order valence-electron chi connectivity index (χ4n) is 1.64. The zero-order valence-electron chi connectivity index (χ0n) is 8.84. The van der Waals surface area contributed by atoms with Gasteiger partial charge < -0.3 is 10.1 Å². The lowest BCUT2D eigenvalue weighted by atomic mass is 10.1. The number of rotatable bonds is 1. The molecule has 2 nitrogen and oxygen atoms in total. The maximum atomic E-state index is 5.70. The Kier molecular flexibility index (Phi) is 2.62. The van der Waals surface area contributed by atoms with E-state index in [9.17, 15) is 0 Å². The molecule has 0 spiro atoms. The van der Waals surface area contributed by atoms with Crippen molar-refractivity contribution in [2.45, 2.75) is 20.3 Å². The molecule has 1 aromatic carbocycles. The number of aryl methyl sites for hydroxylation is 1. The SMILES string of the molecule is CCc1ccc2c(c1)NCC(C)CO2. The molecular formula is C12H17NO. The van der Waals surface area contributed by atoms with Crippen LogP contribution >= 0.6 is 0 Å². The zero-order chi connectivity index (χ0) is 9.97. The summed E-state index contributed by atoms with van der Waals surface area (Å²) in [5, 5.41) is 3.42. The van der Waals surface area contributed by atoms with Crippen molar-refractivity contribution in [1.82, 2.24) is 0 Å². The molecule has 1 aliphatic rings. The Bertz CT molecular complexity index is 322. The van der Waals surface area contributed by atoms with Crippen LogP contribution in [0.3, 0.4) is 0 Å². The Morgan fingerprint density at radius 2 is 2.36 bits per heavy atom. The molecular weight excluding hydrogens is 174 g/mol. The van der Waals surface area contributed by atoms with Crippen LogP contribution in [0.1, 0.15) is 19.4 Å². The molecule has 76 valence electrons. The van der Waals surface area contributed by atoms with Crippen molar-refractivity contribution in [2.75, 3.05) is 18.5 Å². The normalized spacial score (nSPS) is 20.3. The van der Waals surface area contributed by atoms with Gasteiger partial charge in [0.1, 0.15) is 5.75 Å². The predicted octanol–water partition coefficient (Wildman–Crippen LogP) is 2.69. The van der Waals surface area contributed by atoms with E-state index in [1.807, 2.05) is 0 Å². The monoisotopic (exact) mass is 191 g/mol. The first-order chi connectivity index (χ1) is 6.79. The van der Waals surface area contributed by atoms with Crippen LogP contribution in [0, 0.1) is 5.92 Å². The fourth-order valence-corrected chi connectivity index (χ4v) is 1.64. The minimum absolute atomic E-state index is 0.576. The highest BCUT2D eigenvalue weighted by Gasteiger charge is 2.12. The highest BCUT2D eigenvalue weighted by Crippen LogP contribution is 2.28. The van der Waals surface area contributed by atoms with Gasteiger partial charge in [0.05, 0.1) is 12.3 Å². The molecule has 1 unspecified atom stereocenters. The van der Waals surface area contributed by atoms with Crippen molar-refractivity contribution < 1.29 is 4.74 Å². The summed E-state index contributed by atoms with van der Waals surface area (Å²) in [6, 6.07) is 6.39. The smallest absolute Gasteiger partial charge is 0.142 e. The first-order valence-electron chi connectivity index (χ1n) is 5.29. The van der Waals surface area contributed by atoms with Gasteiger partial charge in [-0.25, -0.2) is 0 Å². The quantitative estimate of drug-likeness (QED) is 0.737. The average molecular weight is 191 g/mol. The molecule has 1 N–H and O–H groups in total. The lowest BCUT2D eigenvalue weighted by Gasteiger charge is -2.08. The van der Waals surface area contributed by atoms with E-state index in [1.165, 1.54) is 5.56 Å². The number of hydrogen-bond donors (Lipinski definition) is 1. The number of hydrogen-bond acceptors (Lipinski definition) is 2. The summed E-state index contributed by atoms with van der Waals surface area (Å²) in [4.78, 5) is 0. The van der Waals surface area contributed by atoms with E-state index in [2.05, 4.69) is 37.4 Å². The third kappa shape index (κ3) is 1.84. The summed E-state index contributed by atoms with van der Waals surface area (Å²) in [6.07, 6.45) is 1.07. The Hall–Kier alpha value is -1.18. The second-order valence-electron chi connectivity index (χ2n) is 3.98. The van der Waals surface area contributed by atoms with Crippen LogP contribution in [0.15, 0.2) is 18.2 Å². The largest absolute Gasteiger partial charge is 0.491 e. The summed E-state index contributed by atoms with van der Waals surface area (Å²) < 4.78 is 5.70. The van der Waals surface area contributed by atoms with Crippen LogP contribution in [-0.2, 0) is 6.42 Å². The summed E-state index contributed by atoms with van der Waals surface area (Å²) in [7, 11) is 0. The molecule has 1 atom stereocenters. The van der Waals surface area contributed by atoms with Crippen LogP contribution in [0.25, 0.3) is 0 Å². The van der Waals surface area contributed by atoms with Gasteiger partial charge in [0.2, 0.25) is 0 Å². The Balaban J connectivity index is 2.27. The Morgan fingerprint density at radius 3 is 3.14 bits per heavy atom. The molecule has 2 rings (SSSR count). The van der Waals surface area contributed by atoms with Gasteiger partial charge in [0.15, 0.2) is 0 Å². The van der Waals surface area contributed by atoms with Crippen molar-refractivity contribution >= 4 is 5.69 Å². The molecule has 0 saturated carbocycles. The van der Waals surface area contributed by atoms with Gasteiger partial charge >= 0.3 is 0 Å². The van der Waals surface area contributed by atoms with Gasteiger partial charge in [-0.2, -0.15) is 0 Å². The fraction of sp³-hybridized carbons (Fsp3) is 0.500. The van der Waals surface area contributed by atoms with E-state index in [0.717, 1.165) is 31.0 Å². The number of fused-ring (bicyclic) bond motifs is 1. The van der Waals surface area contributed by atoms with Crippen LogP contribution < -0.4 is 10.1 Å². The molecule has 0 bridgehead atoms. The number of benzene rings is 1. The van der Waals surface area contributed by atoms with E-state index in [-0.39, 0.29) is 0 Å². The van der Waals surface area contributed by atoms with Crippen LogP contribution in [0.5, 0.6) is 5.75 Å². The molecule has 1 aliphatic heterocycles. The third-order valence-electron chi connectivity index (χ3n) is 2.62. The highest BCUT2D eigenvalue weighted by molar-refractivity contribution is 5.58. The minimum atomic E-state index is 0.576. The van der Waals surface area contributed by atoms with Crippen molar-refractivity contribution in [1.29, 1.82) is 0 Å². The molecule has 0 amide bonds. The number of anilines is 1. The lowest BCUT2D eigenvalue weighted by molar-refractivity contribution is 0.275. The summed E-state index contributed by atoms with van der Waals surface area (Å²) in [5.41, 5.74) is 2.50. The second kappa shape index (κ2) is 3.91. The Labute approximate surface area is 85.3 Å². The van der Waals surface area contributed by atoms with E-state index in [0.29, 0.717) is 5.92 Å². The van der Waals surface area contributed by atoms with Gasteiger partial charge in [0.25, 0.3) is 0 Å². The maximum Gasteiger partial charge on any atom is 0.142 e. The van der Waals surface area contributed by atoms with Gasteiger partial charge in [-0.3, -0.25) is 0 Å². The number of ether oxygens (including phenoxy) is 1. The molecule has 0 radical (unpaired) electrons. The molecule has 0 fully saturated rings. The van der Waals surface area contributed by atoms with E-state index in [4.69, 9.17) is 4.74 Å².